The van der Waals surface area contributed by atoms with Crippen molar-refractivity contribution >= 4 is 21.4 Å². The van der Waals surface area contributed by atoms with Crippen molar-refractivity contribution < 1.29 is 12.8 Å². The van der Waals surface area contributed by atoms with Gasteiger partial charge in [-0.05, 0) is 36.6 Å². The molecule has 0 unspecified atom stereocenters. The molecule has 0 saturated carbocycles. The van der Waals surface area contributed by atoms with Crippen molar-refractivity contribution in [1.82, 2.24) is 9.21 Å². The number of sulfonamides is 1. The smallest absolute Gasteiger partial charge is 0.252 e. The van der Waals surface area contributed by atoms with E-state index >= 15 is 0 Å². The fourth-order valence-corrected chi connectivity index (χ4v) is 5.86. The number of nitrogens with zero attached hydrogens (tertiary/aromatic N) is 2. The van der Waals surface area contributed by atoms with Gasteiger partial charge in [0.25, 0.3) is 10.0 Å². The summed E-state index contributed by atoms with van der Waals surface area (Å²) in [5, 5.41) is 0. The lowest BCUT2D eigenvalue weighted by Crippen LogP contribution is -2.48. The number of hydrogen-bond donors (Lipinski definition) is 0. The summed E-state index contributed by atoms with van der Waals surface area (Å²) in [7, 11) is -3.38. The average molecular weight is 383 g/mol. The van der Waals surface area contributed by atoms with Crippen LogP contribution in [0.4, 0.5) is 4.39 Å². The topological polar surface area (TPSA) is 40.6 Å². The van der Waals surface area contributed by atoms with E-state index in [0.29, 0.717) is 42.4 Å². The number of thiophene rings is 1. The normalized spacial score (nSPS) is 17.0. The van der Waals surface area contributed by atoms with Gasteiger partial charge >= 0.3 is 0 Å². The van der Waals surface area contributed by atoms with Gasteiger partial charge in [-0.3, -0.25) is 0 Å². The molecule has 2 aromatic rings. The molecule has 0 radical (unpaired) electrons. The molecule has 0 spiro atoms. The van der Waals surface area contributed by atoms with Crippen LogP contribution in [0.2, 0.25) is 0 Å². The molecule has 1 aliphatic rings. The van der Waals surface area contributed by atoms with E-state index in [2.05, 4.69) is 4.90 Å². The van der Waals surface area contributed by atoms with Gasteiger partial charge in [0.2, 0.25) is 0 Å². The SMILES string of the molecule is CCc1ccc(S(=O)(=O)N2CCN(CCc3ccccc3F)CC2)s1. The summed E-state index contributed by atoms with van der Waals surface area (Å²) >= 11 is 1.36. The highest BCUT2D eigenvalue weighted by Gasteiger charge is 2.29. The largest absolute Gasteiger partial charge is 0.300 e. The Hall–Kier alpha value is -1.28. The third kappa shape index (κ3) is 4.28. The van der Waals surface area contributed by atoms with Crippen molar-refractivity contribution in [3.05, 3.63) is 52.7 Å². The van der Waals surface area contributed by atoms with Gasteiger partial charge in [-0.1, -0.05) is 25.1 Å². The van der Waals surface area contributed by atoms with Gasteiger partial charge in [0.15, 0.2) is 0 Å². The van der Waals surface area contributed by atoms with Gasteiger partial charge in [0.05, 0.1) is 0 Å². The average Bonchev–Trinajstić information content (AvgIpc) is 3.11. The molecule has 0 N–H and O–H groups in total. The lowest BCUT2D eigenvalue weighted by Gasteiger charge is -2.33. The third-order valence-electron chi connectivity index (χ3n) is 4.57. The monoisotopic (exact) mass is 382 g/mol. The molecular formula is C18H23FN2O2S2. The van der Waals surface area contributed by atoms with Gasteiger partial charge in [0.1, 0.15) is 10.0 Å². The van der Waals surface area contributed by atoms with Crippen molar-refractivity contribution in [2.24, 2.45) is 0 Å². The number of hydrogen-bond acceptors (Lipinski definition) is 4. The zero-order valence-electron chi connectivity index (χ0n) is 14.3. The molecule has 3 rings (SSSR count). The van der Waals surface area contributed by atoms with E-state index in [1.807, 2.05) is 19.1 Å². The highest BCUT2D eigenvalue weighted by Crippen LogP contribution is 2.26. The first-order valence-electron chi connectivity index (χ1n) is 8.55. The van der Waals surface area contributed by atoms with Crippen LogP contribution in [-0.4, -0.2) is 50.3 Å². The molecule has 25 heavy (non-hydrogen) atoms. The molecular weight excluding hydrogens is 359 g/mol. The van der Waals surface area contributed by atoms with Crippen molar-refractivity contribution in [1.29, 1.82) is 0 Å². The Morgan fingerprint density at radius 1 is 1.08 bits per heavy atom. The molecule has 0 atom stereocenters. The Bertz CT molecular complexity index is 812. The van der Waals surface area contributed by atoms with E-state index in [1.165, 1.54) is 17.4 Å². The van der Waals surface area contributed by atoms with Crippen LogP contribution in [-0.2, 0) is 22.9 Å². The van der Waals surface area contributed by atoms with Crippen molar-refractivity contribution in [3.63, 3.8) is 0 Å². The molecule has 4 nitrogen and oxygen atoms in total. The van der Waals surface area contributed by atoms with Gasteiger partial charge in [-0.25, -0.2) is 12.8 Å². The van der Waals surface area contributed by atoms with Crippen LogP contribution in [0.25, 0.3) is 0 Å². The van der Waals surface area contributed by atoms with Crippen LogP contribution in [0.3, 0.4) is 0 Å². The molecule has 136 valence electrons. The molecule has 0 bridgehead atoms. The summed E-state index contributed by atoms with van der Waals surface area (Å²) < 4.78 is 41.1. The van der Waals surface area contributed by atoms with E-state index in [-0.39, 0.29) is 5.82 Å². The molecule has 1 aromatic heterocycles. The minimum atomic E-state index is -3.38. The molecule has 1 saturated heterocycles. The summed E-state index contributed by atoms with van der Waals surface area (Å²) in [4.78, 5) is 3.28. The first kappa shape index (κ1) is 18.5. The summed E-state index contributed by atoms with van der Waals surface area (Å²) in [6.07, 6.45) is 1.49. The minimum absolute atomic E-state index is 0.173. The summed E-state index contributed by atoms with van der Waals surface area (Å²) in [5.74, 6) is -0.173. The third-order valence-corrected chi connectivity index (χ3v) is 8.16. The van der Waals surface area contributed by atoms with Gasteiger partial charge in [-0.2, -0.15) is 4.31 Å². The van der Waals surface area contributed by atoms with Gasteiger partial charge < -0.3 is 4.90 Å². The van der Waals surface area contributed by atoms with E-state index in [9.17, 15) is 12.8 Å². The van der Waals surface area contributed by atoms with E-state index in [4.69, 9.17) is 0 Å². The van der Waals surface area contributed by atoms with Crippen molar-refractivity contribution in [2.45, 2.75) is 24.0 Å². The zero-order valence-corrected chi connectivity index (χ0v) is 16.0. The van der Waals surface area contributed by atoms with E-state index < -0.39 is 10.0 Å². The quantitative estimate of drug-likeness (QED) is 0.771. The minimum Gasteiger partial charge on any atom is -0.300 e. The molecule has 0 amide bonds. The second-order valence-electron chi connectivity index (χ2n) is 6.16. The maximum Gasteiger partial charge on any atom is 0.252 e. The second kappa shape index (κ2) is 7.95. The molecule has 0 aliphatic carbocycles. The van der Waals surface area contributed by atoms with Crippen LogP contribution >= 0.6 is 11.3 Å². The fourth-order valence-electron chi connectivity index (χ4n) is 2.99. The Balaban J connectivity index is 1.55. The maximum absolute atomic E-state index is 13.7. The molecule has 7 heteroatoms. The highest BCUT2D eigenvalue weighted by atomic mass is 32.2. The molecule has 1 fully saturated rings. The van der Waals surface area contributed by atoms with Crippen LogP contribution in [0.5, 0.6) is 0 Å². The fraction of sp³-hybridized carbons (Fsp3) is 0.444. The maximum atomic E-state index is 13.7. The lowest BCUT2D eigenvalue weighted by molar-refractivity contribution is 0.190. The first-order chi connectivity index (χ1) is 12.0. The Kier molecular flexibility index (Phi) is 5.89. The highest BCUT2D eigenvalue weighted by molar-refractivity contribution is 7.91. The van der Waals surface area contributed by atoms with E-state index in [1.54, 1.807) is 22.5 Å². The standard InChI is InChI=1S/C18H23FN2O2S2/c1-2-16-7-8-18(24-16)25(22,23)21-13-11-20(12-14-21)10-9-15-5-3-4-6-17(15)19/h3-8H,2,9-14H2,1H3. The van der Waals surface area contributed by atoms with E-state index in [0.717, 1.165) is 17.8 Å². The molecule has 1 aromatic carbocycles. The molecule has 1 aliphatic heterocycles. The van der Waals surface area contributed by atoms with Gasteiger partial charge in [0, 0.05) is 37.6 Å². The van der Waals surface area contributed by atoms with Crippen LogP contribution in [0, 0.1) is 5.82 Å². The predicted octanol–water partition coefficient (Wildman–Crippen LogP) is 3.00. The van der Waals surface area contributed by atoms with Gasteiger partial charge in [-0.15, -0.1) is 11.3 Å². The summed E-state index contributed by atoms with van der Waals surface area (Å²) in [6, 6.07) is 10.4. The summed E-state index contributed by atoms with van der Waals surface area (Å²) in [5.41, 5.74) is 0.711. The number of piperazine rings is 1. The molecule has 2 heterocycles. The predicted molar refractivity (Wildman–Crippen MR) is 99.0 cm³/mol. The number of halogens is 1. The number of benzene rings is 1. The zero-order chi connectivity index (χ0) is 17.9. The Labute approximate surface area is 152 Å². The Morgan fingerprint density at radius 3 is 2.44 bits per heavy atom. The lowest BCUT2D eigenvalue weighted by atomic mass is 10.1. The van der Waals surface area contributed by atoms with Crippen molar-refractivity contribution in [3.8, 4) is 0 Å². The summed E-state index contributed by atoms with van der Waals surface area (Å²) in [6.45, 7) is 5.10. The van der Waals surface area contributed by atoms with Crippen LogP contribution in [0.1, 0.15) is 17.4 Å². The Morgan fingerprint density at radius 2 is 1.80 bits per heavy atom. The van der Waals surface area contributed by atoms with Crippen LogP contribution in [0.15, 0.2) is 40.6 Å². The number of rotatable bonds is 6. The second-order valence-corrected chi connectivity index (χ2v) is 9.49. The number of aryl methyl sites for hydroxylation is 1. The first-order valence-corrected chi connectivity index (χ1v) is 10.8. The van der Waals surface area contributed by atoms with Crippen LogP contribution < -0.4 is 0 Å². The van der Waals surface area contributed by atoms with Crippen molar-refractivity contribution in [2.75, 3.05) is 32.7 Å².